The van der Waals surface area contributed by atoms with E-state index in [1.807, 2.05) is 0 Å². The number of carbonyl (C=O) groups excluding carboxylic acids is 1. The molecule has 0 unspecified atom stereocenters. The number of ether oxygens (including phenoxy) is 2. The summed E-state index contributed by atoms with van der Waals surface area (Å²) in [5, 5.41) is 12.4. The van der Waals surface area contributed by atoms with Crippen molar-refractivity contribution >= 4 is 21.4 Å². The molecule has 7 nitrogen and oxygen atoms in total. The zero-order valence-corrected chi connectivity index (χ0v) is 13.6. The van der Waals surface area contributed by atoms with Gasteiger partial charge < -0.3 is 19.9 Å². The van der Waals surface area contributed by atoms with Gasteiger partial charge in [-0.25, -0.2) is 8.42 Å². The van der Waals surface area contributed by atoms with Crippen molar-refractivity contribution in [2.45, 2.75) is 11.8 Å². The van der Waals surface area contributed by atoms with Crippen LogP contribution in [0.15, 0.2) is 41.3 Å². The maximum absolute atomic E-state index is 12.3. The first-order chi connectivity index (χ1) is 11.4. The maximum atomic E-state index is 12.3. The number of rotatable bonds is 4. The molecular formula is C16H15NO6S. The smallest absolute Gasteiger partial charge is 0.255 e. The Morgan fingerprint density at radius 1 is 1.17 bits per heavy atom. The fraction of sp³-hybridized carbons (Fsp3) is 0.188. The summed E-state index contributed by atoms with van der Waals surface area (Å²) in [6.45, 7) is 1.62. The lowest BCUT2D eigenvalue weighted by Gasteiger charge is -2.10. The molecule has 1 aliphatic heterocycles. The first-order valence-electron chi connectivity index (χ1n) is 7.17. The highest BCUT2D eigenvalue weighted by atomic mass is 32.2. The number of sulfone groups is 1. The average Bonchev–Trinajstić information content (AvgIpc) is 3.04. The van der Waals surface area contributed by atoms with E-state index in [4.69, 9.17) is 9.47 Å². The summed E-state index contributed by atoms with van der Waals surface area (Å²) in [7, 11) is -3.44. The van der Waals surface area contributed by atoms with Crippen LogP contribution in [0.2, 0.25) is 0 Å². The zero-order chi connectivity index (χ0) is 17.3. The number of phenols is 1. The van der Waals surface area contributed by atoms with E-state index >= 15 is 0 Å². The van der Waals surface area contributed by atoms with E-state index < -0.39 is 15.7 Å². The summed E-state index contributed by atoms with van der Waals surface area (Å²) in [5.41, 5.74) is 0.314. The monoisotopic (exact) mass is 349 g/mol. The molecule has 0 bridgehead atoms. The van der Waals surface area contributed by atoms with Crippen LogP contribution in [0.1, 0.15) is 17.3 Å². The van der Waals surface area contributed by atoms with Gasteiger partial charge in [0.1, 0.15) is 5.75 Å². The largest absolute Gasteiger partial charge is 0.506 e. The van der Waals surface area contributed by atoms with Crippen molar-refractivity contribution in [1.29, 1.82) is 0 Å². The highest BCUT2D eigenvalue weighted by molar-refractivity contribution is 7.91. The third-order valence-corrected chi connectivity index (χ3v) is 5.32. The van der Waals surface area contributed by atoms with Crippen LogP contribution in [0.4, 0.5) is 5.69 Å². The topological polar surface area (TPSA) is 102 Å². The van der Waals surface area contributed by atoms with Gasteiger partial charge in [-0.05, 0) is 36.4 Å². The highest BCUT2D eigenvalue weighted by Gasteiger charge is 2.18. The summed E-state index contributed by atoms with van der Waals surface area (Å²) in [6, 6.07) is 8.43. The second kappa shape index (κ2) is 6.04. The summed E-state index contributed by atoms with van der Waals surface area (Å²) in [5.74, 6) is 0.196. The summed E-state index contributed by atoms with van der Waals surface area (Å²) < 4.78 is 34.2. The predicted molar refractivity (Wildman–Crippen MR) is 86.4 cm³/mol. The molecule has 126 valence electrons. The number of anilines is 1. The molecule has 0 spiro atoms. The van der Waals surface area contributed by atoms with Crippen LogP contribution in [-0.2, 0) is 9.84 Å². The molecule has 0 aromatic heterocycles. The van der Waals surface area contributed by atoms with Gasteiger partial charge in [0.05, 0.1) is 16.3 Å². The van der Waals surface area contributed by atoms with Gasteiger partial charge in [-0.1, -0.05) is 6.92 Å². The Morgan fingerprint density at radius 2 is 1.92 bits per heavy atom. The van der Waals surface area contributed by atoms with Crippen LogP contribution in [0.5, 0.6) is 17.2 Å². The number of carbonyl (C=O) groups is 1. The number of aromatic hydroxyl groups is 1. The Bertz CT molecular complexity index is 907. The molecule has 0 aliphatic carbocycles. The van der Waals surface area contributed by atoms with Crippen LogP contribution in [0.3, 0.4) is 0 Å². The Hall–Kier alpha value is -2.74. The lowest BCUT2D eigenvalue weighted by atomic mass is 10.2. The molecule has 0 saturated carbocycles. The maximum Gasteiger partial charge on any atom is 0.255 e. The van der Waals surface area contributed by atoms with Crippen LogP contribution in [0.25, 0.3) is 0 Å². The molecule has 2 N–H and O–H groups in total. The molecule has 0 atom stereocenters. The standard InChI is InChI=1S/C16H15NO6S/c1-2-24(20,21)11-4-5-13(18)12(8-11)17-16(19)10-3-6-14-15(7-10)23-9-22-14/h3-8,18H,2,9H2,1H3,(H,17,19). The quantitative estimate of drug-likeness (QED) is 0.820. The minimum Gasteiger partial charge on any atom is -0.506 e. The van der Waals surface area contributed by atoms with E-state index in [-0.39, 0.29) is 28.9 Å². The normalized spacial score (nSPS) is 12.9. The van der Waals surface area contributed by atoms with Crippen molar-refractivity contribution in [3.05, 3.63) is 42.0 Å². The SMILES string of the molecule is CCS(=O)(=O)c1ccc(O)c(NC(=O)c2ccc3c(c2)OCO3)c1. The molecule has 2 aromatic rings. The second-order valence-electron chi connectivity index (χ2n) is 5.10. The Labute approximate surface area is 138 Å². The fourth-order valence-corrected chi connectivity index (χ4v) is 3.11. The van der Waals surface area contributed by atoms with E-state index in [9.17, 15) is 18.3 Å². The molecule has 0 radical (unpaired) electrons. The third-order valence-electron chi connectivity index (χ3n) is 3.59. The number of benzene rings is 2. The van der Waals surface area contributed by atoms with Crippen molar-refractivity contribution in [3.8, 4) is 17.2 Å². The van der Waals surface area contributed by atoms with Gasteiger partial charge >= 0.3 is 0 Å². The first kappa shape index (κ1) is 16.1. The number of nitrogens with one attached hydrogen (secondary N) is 1. The fourth-order valence-electron chi connectivity index (χ4n) is 2.21. The van der Waals surface area contributed by atoms with Gasteiger partial charge in [-0.3, -0.25) is 4.79 Å². The van der Waals surface area contributed by atoms with Gasteiger partial charge in [0.25, 0.3) is 5.91 Å². The molecule has 24 heavy (non-hydrogen) atoms. The van der Waals surface area contributed by atoms with Crippen molar-refractivity contribution in [1.82, 2.24) is 0 Å². The van der Waals surface area contributed by atoms with Crippen LogP contribution in [0, 0.1) is 0 Å². The van der Waals surface area contributed by atoms with Gasteiger partial charge in [0.15, 0.2) is 21.3 Å². The molecule has 3 rings (SSSR count). The Kier molecular flexibility index (Phi) is 4.06. The molecule has 1 heterocycles. The molecule has 2 aromatic carbocycles. The van der Waals surface area contributed by atoms with Crippen molar-refractivity contribution in [3.63, 3.8) is 0 Å². The number of fused-ring (bicyclic) bond motifs is 1. The molecular weight excluding hydrogens is 334 g/mol. The molecule has 0 fully saturated rings. The molecule has 1 amide bonds. The minimum absolute atomic E-state index is 0.0205. The van der Waals surface area contributed by atoms with E-state index in [0.717, 1.165) is 0 Å². The van der Waals surface area contributed by atoms with Gasteiger partial charge in [-0.2, -0.15) is 0 Å². The van der Waals surface area contributed by atoms with Gasteiger partial charge in [0.2, 0.25) is 6.79 Å². The summed E-state index contributed by atoms with van der Waals surface area (Å²) >= 11 is 0. The highest BCUT2D eigenvalue weighted by Crippen LogP contribution is 2.33. The Balaban J connectivity index is 1.88. The second-order valence-corrected chi connectivity index (χ2v) is 7.38. The lowest BCUT2D eigenvalue weighted by Crippen LogP contribution is -2.13. The van der Waals surface area contributed by atoms with Crippen LogP contribution >= 0.6 is 0 Å². The van der Waals surface area contributed by atoms with E-state index in [1.165, 1.54) is 31.2 Å². The zero-order valence-electron chi connectivity index (χ0n) is 12.8. The minimum atomic E-state index is -3.44. The number of hydrogen-bond acceptors (Lipinski definition) is 6. The van der Waals surface area contributed by atoms with E-state index in [1.54, 1.807) is 12.1 Å². The number of hydrogen-bond donors (Lipinski definition) is 2. The van der Waals surface area contributed by atoms with Crippen LogP contribution in [-0.4, -0.2) is 32.0 Å². The Morgan fingerprint density at radius 3 is 2.67 bits per heavy atom. The van der Waals surface area contributed by atoms with E-state index in [2.05, 4.69) is 5.32 Å². The van der Waals surface area contributed by atoms with E-state index in [0.29, 0.717) is 17.1 Å². The lowest BCUT2D eigenvalue weighted by molar-refractivity contribution is 0.102. The summed E-state index contributed by atoms with van der Waals surface area (Å²) in [4.78, 5) is 12.4. The van der Waals surface area contributed by atoms with Crippen molar-refractivity contribution in [2.24, 2.45) is 0 Å². The molecule has 8 heteroatoms. The first-order valence-corrected chi connectivity index (χ1v) is 8.82. The van der Waals surface area contributed by atoms with Gasteiger partial charge in [0, 0.05) is 5.56 Å². The van der Waals surface area contributed by atoms with Crippen LogP contribution < -0.4 is 14.8 Å². The van der Waals surface area contributed by atoms with Crippen molar-refractivity contribution in [2.75, 3.05) is 17.9 Å². The average molecular weight is 349 g/mol. The summed E-state index contributed by atoms with van der Waals surface area (Å²) in [6.07, 6.45) is 0. The predicted octanol–water partition coefficient (Wildman–Crippen LogP) is 2.17. The van der Waals surface area contributed by atoms with Crippen molar-refractivity contribution < 1.29 is 27.8 Å². The molecule has 0 saturated heterocycles. The number of amides is 1. The molecule has 1 aliphatic rings. The number of phenolic OH excluding ortho intramolecular Hbond substituents is 1. The third kappa shape index (κ3) is 3.00. The van der Waals surface area contributed by atoms with Gasteiger partial charge in [-0.15, -0.1) is 0 Å².